The molecule has 11 heteroatoms. The van der Waals surface area contributed by atoms with Crippen molar-refractivity contribution in [2.24, 2.45) is 0 Å². The molecule has 0 unspecified atom stereocenters. The van der Waals surface area contributed by atoms with Gasteiger partial charge in [0.1, 0.15) is 23.4 Å². The largest absolute Gasteiger partial charge is 0.497 e. The Morgan fingerprint density at radius 3 is 2.15 bits per heavy atom. The summed E-state index contributed by atoms with van der Waals surface area (Å²) in [6, 6.07) is 26.5. The Balaban J connectivity index is 1.56. The molecule has 6 rings (SSSR count). The maximum Gasteiger partial charge on any atom is 0.335 e. The van der Waals surface area contributed by atoms with Crippen molar-refractivity contribution in [1.82, 2.24) is 19.5 Å². The number of anilines is 1. The molecule has 0 saturated carbocycles. The normalized spacial score (nSPS) is 18.3. The third-order valence-corrected chi connectivity index (χ3v) is 7.19. The number of nitrogens with zero attached hydrogens (tertiary/aromatic N) is 3. The molecule has 208 valence electrons. The summed E-state index contributed by atoms with van der Waals surface area (Å²) in [6.45, 7) is 3.37. The quantitative estimate of drug-likeness (QED) is 0.251. The van der Waals surface area contributed by atoms with Crippen molar-refractivity contribution in [2.75, 3.05) is 12.4 Å². The topological polar surface area (TPSA) is 114 Å². The Bertz CT molecular complexity index is 1730. The molecule has 1 aliphatic rings. The zero-order valence-corrected chi connectivity index (χ0v) is 21.8. The number of imidazole rings is 1. The summed E-state index contributed by atoms with van der Waals surface area (Å²) in [5.41, 5.74) is 0.347. The molecule has 9 nitrogen and oxygen atoms in total. The van der Waals surface area contributed by atoms with Crippen LogP contribution in [0.4, 0.5) is 14.7 Å². The number of rotatable bonds is 7. The molecule has 1 aliphatic heterocycles. The standard InChI is InChI=1S/C30H25F2N5O4/c1-18-24(38)30(31,32)27(41-18)37-17-33-23-25(37)34-28(35-26(23)39)36-29(19-9-5-3-6-10-19,20-11-7-4-8-12-20)21-13-15-22(40-2)16-14-21/h3-17,24,27,38H,1H2,2H3,(H2,34,35,36,39)/t24-,27-/m1/s1. The van der Waals surface area contributed by atoms with Gasteiger partial charge in [-0.2, -0.15) is 13.8 Å². The lowest BCUT2D eigenvalue weighted by Gasteiger charge is -2.37. The molecular formula is C30H25F2N5O4. The van der Waals surface area contributed by atoms with Crippen molar-refractivity contribution in [3.05, 3.63) is 131 Å². The van der Waals surface area contributed by atoms with Crippen molar-refractivity contribution in [2.45, 2.75) is 23.8 Å². The molecule has 3 N–H and O–H groups in total. The summed E-state index contributed by atoms with van der Waals surface area (Å²) in [4.78, 5) is 24.4. The lowest BCUT2D eigenvalue weighted by atomic mass is 9.77. The monoisotopic (exact) mass is 557 g/mol. The number of nitrogens with one attached hydrogen (secondary N) is 2. The van der Waals surface area contributed by atoms with E-state index >= 15 is 0 Å². The summed E-state index contributed by atoms with van der Waals surface area (Å²) in [5.74, 6) is -3.57. The lowest BCUT2D eigenvalue weighted by Crippen LogP contribution is -2.39. The summed E-state index contributed by atoms with van der Waals surface area (Å²) >= 11 is 0. The van der Waals surface area contributed by atoms with Crippen molar-refractivity contribution in [3.63, 3.8) is 0 Å². The van der Waals surface area contributed by atoms with Gasteiger partial charge in [-0.05, 0) is 28.8 Å². The maximum absolute atomic E-state index is 14.9. The minimum absolute atomic E-state index is 0.00605. The van der Waals surface area contributed by atoms with E-state index < -0.39 is 35.1 Å². The van der Waals surface area contributed by atoms with Crippen LogP contribution in [-0.4, -0.2) is 43.8 Å². The van der Waals surface area contributed by atoms with Gasteiger partial charge >= 0.3 is 5.92 Å². The number of hydrogen-bond donors (Lipinski definition) is 3. The van der Waals surface area contributed by atoms with Gasteiger partial charge in [0.05, 0.1) is 7.11 Å². The number of aliphatic hydroxyl groups excluding tert-OH is 1. The highest BCUT2D eigenvalue weighted by molar-refractivity contribution is 5.72. The maximum atomic E-state index is 14.9. The molecule has 3 heterocycles. The van der Waals surface area contributed by atoms with Gasteiger partial charge in [-0.1, -0.05) is 79.4 Å². The van der Waals surface area contributed by atoms with Crippen LogP contribution in [0.3, 0.4) is 0 Å². The predicted molar refractivity (Wildman–Crippen MR) is 148 cm³/mol. The summed E-state index contributed by atoms with van der Waals surface area (Å²) in [7, 11) is 1.58. The Morgan fingerprint density at radius 1 is 1.02 bits per heavy atom. The predicted octanol–water partition coefficient (Wildman–Crippen LogP) is 4.57. The summed E-state index contributed by atoms with van der Waals surface area (Å²) in [6.07, 6.45) is -3.18. The summed E-state index contributed by atoms with van der Waals surface area (Å²) in [5, 5.41) is 13.3. The second kappa shape index (κ2) is 9.86. The number of ether oxygens (including phenoxy) is 2. The Hall–Kier alpha value is -5.03. The van der Waals surface area contributed by atoms with Gasteiger partial charge in [-0.25, -0.2) is 4.98 Å². The number of methoxy groups -OCH3 is 1. The first kappa shape index (κ1) is 26.2. The Kier molecular flexibility index (Phi) is 6.30. The SMILES string of the molecule is C=C1O[C@@H](n2cnc3c(=O)[nH]c(NC(c4ccccc4)(c4ccccc4)c4ccc(OC)cc4)nc32)C(F)(F)[C@@H]1O. The average molecular weight is 558 g/mol. The van der Waals surface area contributed by atoms with Gasteiger partial charge in [-0.15, -0.1) is 0 Å². The van der Waals surface area contributed by atoms with E-state index in [0.717, 1.165) is 27.6 Å². The van der Waals surface area contributed by atoms with Gasteiger partial charge in [0.15, 0.2) is 17.3 Å². The van der Waals surface area contributed by atoms with Gasteiger partial charge in [0, 0.05) is 0 Å². The number of aromatic amines is 1. The van der Waals surface area contributed by atoms with Crippen molar-refractivity contribution >= 4 is 17.1 Å². The molecule has 0 spiro atoms. The first-order chi connectivity index (χ1) is 19.8. The van der Waals surface area contributed by atoms with Crippen LogP contribution in [-0.2, 0) is 10.3 Å². The van der Waals surface area contributed by atoms with Gasteiger partial charge < -0.3 is 19.9 Å². The first-order valence-electron chi connectivity index (χ1n) is 12.7. The lowest BCUT2D eigenvalue weighted by molar-refractivity contribution is -0.137. The number of aliphatic hydroxyl groups is 1. The fourth-order valence-electron chi connectivity index (χ4n) is 5.15. The second-order valence-corrected chi connectivity index (χ2v) is 9.59. The van der Waals surface area contributed by atoms with Gasteiger partial charge in [0.2, 0.25) is 12.2 Å². The minimum atomic E-state index is -3.73. The van der Waals surface area contributed by atoms with Crippen LogP contribution in [0.2, 0.25) is 0 Å². The Labute approximate surface area is 232 Å². The molecule has 3 aromatic carbocycles. The van der Waals surface area contributed by atoms with E-state index in [1.165, 1.54) is 0 Å². The molecule has 1 fully saturated rings. The molecular weight excluding hydrogens is 532 g/mol. The van der Waals surface area contributed by atoms with Crippen LogP contribution < -0.4 is 15.6 Å². The number of alkyl halides is 2. The van der Waals surface area contributed by atoms with E-state index in [1.807, 2.05) is 84.9 Å². The number of aromatic nitrogens is 4. The van der Waals surface area contributed by atoms with Gasteiger partial charge in [0.25, 0.3) is 5.56 Å². The van der Waals surface area contributed by atoms with Crippen molar-refractivity contribution < 1.29 is 23.4 Å². The van der Waals surface area contributed by atoms with Gasteiger partial charge in [-0.3, -0.25) is 14.3 Å². The van der Waals surface area contributed by atoms with E-state index in [2.05, 4.69) is 26.8 Å². The van der Waals surface area contributed by atoms with E-state index in [9.17, 15) is 18.7 Å². The zero-order chi connectivity index (χ0) is 28.8. The molecule has 5 aromatic rings. The highest BCUT2D eigenvalue weighted by Crippen LogP contribution is 2.45. The fraction of sp³-hybridized carbons (Fsp3) is 0.167. The molecule has 0 aliphatic carbocycles. The van der Waals surface area contributed by atoms with Crippen LogP contribution in [0.25, 0.3) is 11.2 Å². The third kappa shape index (κ3) is 4.21. The van der Waals surface area contributed by atoms with Crippen molar-refractivity contribution in [3.8, 4) is 5.75 Å². The molecule has 2 aromatic heterocycles. The number of benzene rings is 3. The van der Waals surface area contributed by atoms with Crippen LogP contribution in [0, 0.1) is 0 Å². The number of fused-ring (bicyclic) bond motifs is 1. The molecule has 0 radical (unpaired) electrons. The average Bonchev–Trinajstić information content (AvgIpc) is 3.51. The smallest absolute Gasteiger partial charge is 0.335 e. The first-order valence-corrected chi connectivity index (χ1v) is 12.7. The number of H-pyrrole nitrogens is 1. The van der Waals surface area contributed by atoms with Crippen LogP contribution in [0.15, 0.2) is 108 Å². The second-order valence-electron chi connectivity index (χ2n) is 9.59. The number of hydrogen-bond acceptors (Lipinski definition) is 7. The fourth-order valence-corrected chi connectivity index (χ4v) is 5.15. The van der Waals surface area contributed by atoms with E-state index in [0.29, 0.717) is 5.75 Å². The molecule has 41 heavy (non-hydrogen) atoms. The summed E-state index contributed by atoms with van der Waals surface area (Å²) < 4.78 is 41.3. The third-order valence-electron chi connectivity index (χ3n) is 7.19. The van der Waals surface area contributed by atoms with E-state index in [-0.39, 0.29) is 17.1 Å². The van der Waals surface area contributed by atoms with E-state index in [4.69, 9.17) is 9.47 Å². The van der Waals surface area contributed by atoms with Crippen LogP contribution >= 0.6 is 0 Å². The zero-order valence-electron chi connectivity index (χ0n) is 21.8. The molecule has 0 amide bonds. The molecule has 1 saturated heterocycles. The highest BCUT2D eigenvalue weighted by Gasteiger charge is 2.58. The van der Waals surface area contributed by atoms with Crippen molar-refractivity contribution in [1.29, 1.82) is 0 Å². The minimum Gasteiger partial charge on any atom is -0.497 e. The Morgan fingerprint density at radius 2 is 1.61 bits per heavy atom. The van der Waals surface area contributed by atoms with E-state index in [1.54, 1.807) is 7.11 Å². The van der Waals surface area contributed by atoms with Crippen LogP contribution in [0.1, 0.15) is 22.9 Å². The molecule has 0 bridgehead atoms. The van der Waals surface area contributed by atoms with Crippen LogP contribution in [0.5, 0.6) is 5.75 Å². The number of halogens is 2. The highest BCUT2D eigenvalue weighted by atomic mass is 19.3. The molecule has 2 atom stereocenters.